The summed E-state index contributed by atoms with van der Waals surface area (Å²) < 4.78 is 10.5. The number of ether oxygens (including phenoxy) is 2. The summed E-state index contributed by atoms with van der Waals surface area (Å²) in [5.41, 5.74) is -0.933. The van der Waals surface area contributed by atoms with E-state index in [0.29, 0.717) is 54.4 Å². The maximum atomic E-state index is 13.0. The van der Waals surface area contributed by atoms with Gasteiger partial charge in [0.05, 0.1) is 13.0 Å². The molecule has 1 heterocycles. The summed E-state index contributed by atoms with van der Waals surface area (Å²) in [5.74, 6) is -0.871. The van der Waals surface area contributed by atoms with E-state index in [1.54, 1.807) is 18.2 Å². The normalized spacial score (nSPS) is 28.0. The predicted octanol–water partition coefficient (Wildman–Crippen LogP) is 2.73. The summed E-state index contributed by atoms with van der Waals surface area (Å²) >= 11 is 12.0. The number of halogens is 2. The number of aliphatic hydroxyl groups is 1. The van der Waals surface area contributed by atoms with Crippen LogP contribution in [0.4, 0.5) is 5.69 Å². The standard InChI is InChI=1S/C19H24Cl2N2O5/c1-27-16(24)11-3-4-14(7-11)22-17(25)19(5-2-6-28-19)18(26)23-15-9-12(20)8-13(21)10-15/h8-11,14,18,23,26H,2-7H2,1H3,(H,22,25)/t11-,14+,18?,19?/m1/s1. The van der Waals surface area contributed by atoms with Gasteiger partial charge in [-0.3, -0.25) is 9.59 Å². The highest BCUT2D eigenvalue weighted by molar-refractivity contribution is 6.35. The van der Waals surface area contributed by atoms with Crippen LogP contribution in [0.1, 0.15) is 32.1 Å². The first-order chi connectivity index (χ1) is 13.3. The van der Waals surface area contributed by atoms with Gasteiger partial charge in [-0.15, -0.1) is 0 Å². The summed E-state index contributed by atoms with van der Waals surface area (Å²) in [6.45, 7) is 0.373. The van der Waals surface area contributed by atoms with Crippen molar-refractivity contribution in [3.05, 3.63) is 28.2 Å². The Morgan fingerprint density at radius 3 is 2.61 bits per heavy atom. The molecule has 1 aliphatic heterocycles. The Labute approximate surface area is 173 Å². The minimum absolute atomic E-state index is 0.162. The summed E-state index contributed by atoms with van der Waals surface area (Å²) in [6, 6.07) is 4.63. The minimum Gasteiger partial charge on any atom is -0.469 e. The number of carbonyl (C=O) groups excluding carboxylic acids is 2. The van der Waals surface area contributed by atoms with Crippen LogP contribution in [0, 0.1) is 5.92 Å². The Morgan fingerprint density at radius 1 is 1.29 bits per heavy atom. The molecule has 2 unspecified atom stereocenters. The number of carbonyl (C=O) groups is 2. The number of hydrogen-bond donors (Lipinski definition) is 3. The Hall–Kier alpha value is -1.54. The molecule has 7 nitrogen and oxygen atoms in total. The average molecular weight is 431 g/mol. The first-order valence-electron chi connectivity index (χ1n) is 9.27. The molecule has 3 rings (SSSR count). The molecule has 154 valence electrons. The molecule has 1 amide bonds. The highest BCUT2D eigenvalue weighted by Crippen LogP contribution is 2.33. The van der Waals surface area contributed by atoms with Gasteiger partial charge in [-0.2, -0.15) is 0 Å². The molecule has 2 aliphatic rings. The molecule has 9 heteroatoms. The number of nitrogens with one attached hydrogen (secondary N) is 2. The van der Waals surface area contributed by atoms with Crippen LogP contribution in [-0.2, 0) is 19.1 Å². The van der Waals surface area contributed by atoms with Gasteiger partial charge in [-0.25, -0.2) is 0 Å². The van der Waals surface area contributed by atoms with Crippen LogP contribution in [0.3, 0.4) is 0 Å². The summed E-state index contributed by atoms with van der Waals surface area (Å²) in [5, 5.41) is 17.4. The number of hydrogen-bond acceptors (Lipinski definition) is 6. The highest BCUT2D eigenvalue weighted by Gasteiger charge is 2.50. The van der Waals surface area contributed by atoms with Crippen molar-refractivity contribution in [2.75, 3.05) is 19.0 Å². The number of aliphatic hydroxyl groups excluding tert-OH is 1. The fourth-order valence-corrected chi connectivity index (χ4v) is 4.42. The molecule has 0 bridgehead atoms. The molecule has 2 fully saturated rings. The van der Waals surface area contributed by atoms with Gasteiger partial charge < -0.3 is 25.2 Å². The van der Waals surface area contributed by atoms with Gasteiger partial charge in [0.15, 0.2) is 11.8 Å². The third kappa shape index (κ3) is 4.54. The lowest BCUT2D eigenvalue weighted by atomic mass is 9.95. The molecule has 1 saturated heterocycles. The summed E-state index contributed by atoms with van der Waals surface area (Å²) in [4.78, 5) is 24.7. The first kappa shape index (κ1) is 21.2. The van der Waals surface area contributed by atoms with Crippen LogP contribution in [0.15, 0.2) is 18.2 Å². The maximum Gasteiger partial charge on any atom is 0.308 e. The number of amides is 1. The van der Waals surface area contributed by atoms with Gasteiger partial charge in [-0.05, 0) is 50.3 Å². The van der Waals surface area contributed by atoms with Crippen LogP contribution in [0.25, 0.3) is 0 Å². The zero-order chi connectivity index (χ0) is 20.3. The van der Waals surface area contributed by atoms with Crippen LogP contribution in [0.2, 0.25) is 10.0 Å². The van der Waals surface area contributed by atoms with Gasteiger partial charge in [0.2, 0.25) is 0 Å². The molecule has 1 aliphatic carbocycles. The van der Waals surface area contributed by atoms with Gasteiger partial charge in [0.25, 0.3) is 5.91 Å². The molecular weight excluding hydrogens is 407 g/mol. The van der Waals surface area contributed by atoms with Gasteiger partial charge >= 0.3 is 5.97 Å². The molecule has 4 atom stereocenters. The first-order valence-corrected chi connectivity index (χ1v) is 10.0. The van der Waals surface area contributed by atoms with E-state index in [4.69, 9.17) is 32.7 Å². The lowest BCUT2D eigenvalue weighted by Gasteiger charge is -2.34. The quantitative estimate of drug-likeness (QED) is 0.474. The number of methoxy groups -OCH3 is 1. The number of rotatable bonds is 6. The lowest BCUT2D eigenvalue weighted by molar-refractivity contribution is -0.154. The van der Waals surface area contributed by atoms with E-state index in [0.717, 1.165) is 0 Å². The lowest BCUT2D eigenvalue weighted by Crippen LogP contribution is -2.58. The fraction of sp³-hybridized carbons (Fsp3) is 0.579. The van der Waals surface area contributed by atoms with Crippen LogP contribution in [0.5, 0.6) is 0 Å². The zero-order valence-corrected chi connectivity index (χ0v) is 17.1. The van der Waals surface area contributed by atoms with Crippen molar-refractivity contribution in [3.63, 3.8) is 0 Å². The second-order valence-corrected chi connectivity index (χ2v) is 8.12. The second-order valence-electron chi connectivity index (χ2n) is 7.25. The third-order valence-corrected chi connectivity index (χ3v) is 5.78. The van der Waals surface area contributed by atoms with E-state index in [-0.39, 0.29) is 17.9 Å². The second kappa shape index (κ2) is 8.86. The molecule has 1 aromatic carbocycles. The molecule has 28 heavy (non-hydrogen) atoms. The molecule has 3 N–H and O–H groups in total. The summed E-state index contributed by atoms with van der Waals surface area (Å²) in [7, 11) is 1.36. The van der Waals surface area contributed by atoms with Crippen molar-refractivity contribution in [2.24, 2.45) is 5.92 Å². The molecular formula is C19H24Cl2N2O5. The Balaban J connectivity index is 1.69. The molecule has 1 aromatic rings. The van der Waals surface area contributed by atoms with E-state index in [2.05, 4.69) is 10.6 Å². The highest BCUT2D eigenvalue weighted by atomic mass is 35.5. The van der Waals surface area contributed by atoms with Crippen molar-refractivity contribution in [1.82, 2.24) is 5.32 Å². The van der Waals surface area contributed by atoms with Crippen LogP contribution < -0.4 is 10.6 Å². The molecule has 0 spiro atoms. The maximum absolute atomic E-state index is 13.0. The van der Waals surface area contributed by atoms with E-state index >= 15 is 0 Å². The monoisotopic (exact) mass is 430 g/mol. The summed E-state index contributed by atoms with van der Waals surface area (Å²) in [6.07, 6.45) is 1.58. The largest absolute Gasteiger partial charge is 0.469 e. The Morgan fingerprint density at radius 2 is 2.00 bits per heavy atom. The molecule has 1 saturated carbocycles. The van der Waals surface area contributed by atoms with E-state index < -0.39 is 17.7 Å². The third-order valence-electron chi connectivity index (χ3n) is 5.35. The van der Waals surface area contributed by atoms with E-state index in [9.17, 15) is 14.7 Å². The van der Waals surface area contributed by atoms with Gasteiger partial charge in [-0.1, -0.05) is 23.2 Å². The van der Waals surface area contributed by atoms with Crippen LogP contribution in [-0.4, -0.2) is 48.6 Å². The topological polar surface area (TPSA) is 96.9 Å². The van der Waals surface area contributed by atoms with Gasteiger partial charge in [0, 0.05) is 28.4 Å². The molecule has 0 aromatic heterocycles. The van der Waals surface area contributed by atoms with Crippen molar-refractivity contribution in [2.45, 2.75) is 50.0 Å². The van der Waals surface area contributed by atoms with Crippen molar-refractivity contribution < 1.29 is 24.2 Å². The van der Waals surface area contributed by atoms with E-state index in [1.165, 1.54) is 7.11 Å². The van der Waals surface area contributed by atoms with Gasteiger partial charge in [0.1, 0.15) is 0 Å². The smallest absolute Gasteiger partial charge is 0.308 e. The van der Waals surface area contributed by atoms with Crippen molar-refractivity contribution >= 4 is 40.8 Å². The Bertz CT molecular complexity index is 719. The average Bonchev–Trinajstić information content (AvgIpc) is 3.30. The predicted molar refractivity (Wildman–Crippen MR) is 105 cm³/mol. The number of esters is 1. The zero-order valence-electron chi connectivity index (χ0n) is 15.5. The Kier molecular flexibility index (Phi) is 6.70. The minimum atomic E-state index is -1.42. The number of anilines is 1. The SMILES string of the molecule is COC(=O)[C@@H]1CC[C@H](NC(=O)C2(C(O)Nc3cc(Cl)cc(Cl)c3)CCCO2)C1. The number of benzene rings is 1. The fourth-order valence-electron chi connectivity index (χ4n) is 3.89. The van der Waals surface area contributed by atoms with Crippen molar-refractivity contribution in [1.29, 1.82) is 0 Å². The van der Waals surface area contributed by atoms with E-state index in [1.807, 2.05) is 0 Å². The van der Waals surface area contributed by atoms with Crippen LogP contribution >= 0.6 is 23.2 Å². The molecule has 0 radical (unpaired) electrons. The van der Waals surface area contributed by atoms with Crippen molar-refractivity contribution in [3.8, 4) is 0 Å².